The molecule has 0 spiro atoms. The average molecular weight is 454 g/mol. The zero-order valence-corrected chi connectivity index (χ0v) is 18.9. The first-order valence-electron chi connectivity index (χ1n) is 11.0. The molecule has 1 unspecified atom stereocenters. The van der Waals surface area contributed by atoms with Crippen molar-refractivity contribution in [2.45, 2.75) is 25.6 Å². The number of hydrogen-bond acceptors (Lipinski definition) is 4. The van der Waals surface area contributed by atoms with Gasteiger partial charge in [0, 0.05) is 23.7 Å². The minimum Gasteiger partial charge on any atom is -0.419 e. The molecule has 1 aromatic heterocycles. The van der Waals surface area contributed by atoms with Crippen LogP contribution in [0.4, 0.5) is 0 Å². The Bertz CT molecular complexity index is 1210. The molecule has 1 atom stereocenters. The van der Waals surface area contributed by atoms with Crippen molar-refractivity contribution in [3.05, 3.63) is 131 Å². The summed E-state index contributed by atoms with van der Waals surface area (Å²) in [6.45, 7) is 1.52. The van der Waals surface area contributed by atoms with E-state index < -0.39 is 0 Å². The Hall–Kier alpha value is -3.47. The van der Waals surface area contributed by atoms with E-state index in [2.05, 4.69) is 81.9 Å². The molecule has 0 bridgehead atoms. The molecule has 0 saturated carbocycles. The van der Waals surface area contributed by atoms with Crippen LogP contribution in [0.3, 0.4) is 0 Å². The zero-order chi connectivity index (χ0) is 22.5. The highest BCUT2D eigenvalue weighted by Gasteiger charge is 2.30. The molecule has 0 radical (unpaired) electrons. The summed E-state index contributed by atoms with van der Waals surface area (Å²) < 4.78 is 6.26. The lowest BCUT2D eigenvalue weighted by atomic mass is 10.0. The average Bonchev–Trinajstić information content (AvgIpc) is 3.55. The van der Waals surface area contributed by atoms with Crippen molar-refractivity contribution in [2.75, 3.05) is 0 Å². The SMILES string of the molecule is Clc1ccc(-c2nnc(C(C3=CC=CC3)N(Cc3ccccc3)Cc3ccccc3)o2)cc1. The first-order valence-corrected chi connectivity index (χ1v) is 11.4. The van der Waals surface area contributed by atoms with E-state index in [9.17, 15) is 0 Å². The molecule has 3 aromatic carbocycles. The monoisotopic (exact) mass is 453 g/mol. The molecule has 0 fully saturated rings. The molecule has 5 rings (SSSR count). The Morgan fingerprint density at radius 3 is 2.03 bits per heavy atom. The largest absolute Gasteiger partial charge is 0.419 e. The van der Waals surface area contributed by atoms with Gasteiger partial charge in [-0.3, -0.25) is 4.90 Å². The Kier molecular flexibility index (Phi) is 6.47. The van der Waals surface area contributed by atoms with Gasteiger partial charge in [0.25, 0.3) is 0 Å². The smallest absolute Gasteiger partial charge is 0.247 e. The lowest BCUT2D eigenvalue weighted by Gasteiger charge is -2.31. The fourth-order valence-electron chi connectivity index (χ4n) is 4.14. The number of hydrogen-bond donors (Lipinski definition) is 0. The molecule has 0 amide bonds. The second kappa shape index (κ2) is 9.99. The maximum atomic E-state index is 6.26. The highest BCUT2D eigenvalue weighted by molar-refractivity contribution is 6.30. The van der Waals surface area contributed by atoms with Crippen molar-refractivity contribution in [1.82, 2.24) is 15.1 Å². The van der Waals surface area contributed by atoms with Crippen LogP contribution in [0.1, 0.15) is 29.5 Å². The van der Waals surface area contributed by atoms with Gasteiger partial charge in [-0.25, -0.2) is 0 Å². The van der Waals surface area contributed by atoms with Crippen LogP contribution in [-0.2, 0) is 13.1 Å². The molecule has 1 aliphatic rings. The molecule has 4 aromatic rings. The highest BCUT2D eigenvalue weighted by atomic mass is 35.5. The first kappa shape index (κ1) is 21.4. The van der Waals surface area contributed by atoms with Gasteiger partial charge in [-0.15, -0.1) is 10.2 Å². The summed E-state index contributed by atoms with van der Waals surface area (Å²) >= 11 is 6.05. The van der Waals surface area contributed by atoms with E-state index in [-0.39, 0.29) is 6.04 Å². The normalized spacial score (nSPS) is 13.9. The number of rotatable bonds is 8. The summed E-state index contributed by atoms with van der Waals surface area (Å²) in [6, 6.07) is 28.3. The Balaban J connectivity index is 1.52. The maximum Gasteiger partial charge on any atom is 0.247 e. The fourth-order valence-corrected chi connectivity index (χ4v) is 4.27. The second-order valence-electron chi connectivity index (χ2n) is 8.10. The molecule has 1 aliphatic carbocycles. The van der Waals surface area contributed by atoms with E-state index in [4.69, 9.17) is 16.0 Å². The van der Waals surface area contributed by atoms with Crippen molar-refractivity contribution in [3.63, 3.8) is 0 Å². The van der Waals surface area contributed by atoms with E-state index in [0.717, 1.165) is 25.1 Å². The molecule has 1 heterocycles. The number of nitrogens with zero attached hydrogens (tertiary/aromatic N) is 3. The van der Waals surface area contributed by atoms with E-state index in [1.165, 1.54) is 16.7 Å². The topological polar surface area (TPSA) is 42.2 Å². The van der Waals surface area contributed by atoms with E-state index in [1.807, 2.05) is 36.4 Å². The van der Waals surface area contributed by atoms with Crippen LogP contribution in [0, 0.1) is 0 Å². The third-order valence-corrected chi connectivity index (χ3v) is 5.99. The molecule has 164 valence electrons. The van der Waals surface area contributed by atoms with Crippen molar-refractivity contribution in [2.24, 2.45) is 0 Å². The van der Waals surface area contributed by atoms with Crippen LogP contribution in [-0.4, -0.2) is 15.1 Å². The summed E-state index contributed by atoms with van der Waals surface area (Å²) in [5, 5.41) is 9.55. The van der Waals surface area contributed by atoms with Crippen LogP contribution in [0.25, 0.3) is 11.5 Å². The predicted molar refractivity (Wildman–Crippen MR) is 131 cm³/mol. The van der Waals surface area contributed by atoms with Gasteiger partial charge in [-0.05, 0) is 47.4 Å². The van der Waals surface area contributed by atoms with E-state index >= 15 is 0 Å². The Morgan fingerprint density at radius 1 is 0.818 bits per heavy atom. The van der Waals surface area contributed by atoms with Crippen LogP contribution in [0.2, 0.25) is 5.02 Å². The number of aromatic nitrogens is 2. The molecule has 0 N–H and O–H groups in total. The lowest BCUT2D eigenvalue weighted by Crippen LogP contribution is -2.29. The Labute approximate surface area is 198 Å². The number of halogens is 1. The van der Waals surface area contributed by atoms with Crippen LogP contribution in [0.15, 0.2) is 113 Å². The quantitative estimate of drug-likeness (QED) is 0.287. The molecule has 0 aliphatic heterocycles. The van der Waals surface area contributed by atoms with Gasteiger partial charge < -0.3 is 4.42 Å². The summed E-state index contributed by atoms with van der Waals surface area (Å²) in [5.74, 6) is 1.10. The van der Waals surface area contributed by atoms with Gasteiger partial charge in [0.15, 0.2) is 0 Å². The summed E-state index contributed by atoms with van der Waals surface area (Å²) in [5.41, 5.74) is 4.58. The number of benzene rings is 3. The summed E-state index contributed by atoms with van der Waals surface area (Å²) in [4.78, 5) is 2.41. The molecular weight excluding hydrogens is 430 g/mol. The summed E-state index contributed by atoms with van der Waals surface area (Å²) in [7, 11) is 0. The lowest BCUT2D eigenvalue weighted by molar-refractivity contribution is 0.177. The van der Waals surface area contributed by atoms with Crippen molar-refractivity contribution >= 4 is 11.6 Å². The van der Waals surface area contributed by atoms with Gasteiger partial charge >= 0.3 is 0 Å². The molecule has 0 saturated heterocycles. The predicted octanol–water partition coefficient (Wildman–Crippen LogP) is 7.02. The third kappa shape index (κ3) is 5.14. The van der Waals surface area contributed by atoms with E-state index in [1.54, 1.807) is 0 Å². The fraction of sp³-hybridized carbons (Fsp3) is 0.143. The maximum absolute atomic E-state index is 6.26. The summed E-state index contributed by atoms with van der Waals surface area (Å²) in [6.07, 6.45) is 7.30. The van der Waals surface area contributed by atoms with Gasteiger partial charge in [0.1, 0.15) is 6.04 Å². The first-order chi connectivity index (χ1) is 16.3. The van der Waals surface area contributed by atoms with Crippen LogP contribution < -0.4 is 0 Å². The number of allylic oxidation sites excluding steroid dienone is 3. The van der Waals surface area contributed by atoms with Crippen LogP contribution >= 0.6 is 11.6 Å². The van der Waals surface area contributed by atoms with Gasteiger partial charge in [-0.1, -0.05) is 90.5 Å². The highest BCUT2D eigenvalue weighted by Crippen LogP contribution is 2.36. The second-order valence-corrected chi connectivity index (χ2v) is 8.54. The molecule has 5 heteroatoms. The molecule has 33 heavy (non-hydrogen) atoms. The molecular formula is C28H24ClN3O. The molecule has 4 nitrogen and oxygen atoms in total. The van der Waals surface area contributed by atoms with Crippen molar-refractivity contribution < 1.29 is 4.42 Å². The van der Waals surface area contributed by atoms with Gasteiger partial charge in [-0.2, -0.15) is 0 Å². The van der Waals surface area contributed by atoms with Crippen LogP contribution in [0.5, 0.6) is 0 Å². The van der Waals surface area contributed by atoms with Crippen molar-refractivity contribution in [1.29, 1.82) is 0 Å². The van der Waals surface area contributed by atoms with Crippen molar-refractivity contribution in [3.8, 4) is 11.5 Å². The third-order valence-electron chi connectivity index (χ3n) is 5.74. The Morgan fingerprint density at radius 2 is 1.45 bits per heavy atom. The van der Waals surface area contributed by atoms with Gasteiger partial charge in [0.05, 0.1) is 0 Å². The van der Waals surface area contributed by atoms with Gasteiger partial charge in [0.2, 0.25) is 11.8 Å². The van der Waals surface area contributed by atoms with E-state index in [0.29, 0.717) is 16.8 Å². The standard InChI is InChI=1S/C28H24ClN3O/c29-25-17-15-24(16-18-25)27-30-31-28(33-27)26(23-13-7-8-14-23)32(19-21-9-3-1-4-10-21)20-22-11-5-2-6-12-22/h1-13,15-18,26H,14,19-20H2. The zero-order valence-electron chi connectivity index (χ0n) is 18.1. The minimum atomic E-state index is -0.131. The minimum absolute atomic E-state index is 0.131.